The van der Waals surface area contributed by atoms with Crippen LogP contribution < -0.4 is 11.5 Å². The Kier molecular flexibility index (Phi) is 2.32. The van der Waals surface area contributed by atoms with Crippen LogP contribution in [-0.2, 0) is 0 Å². The molecule has 0 aromatic heterocycles. The lowest BCUT2D eigenvalue weighted by atomic mass is 9.74. The lowest BCUT2D eigenvalue weighted by Gasteiger charge is -2.38. The van der Waals surface area contributed by atoms with Crippen molar-refractivity contribution in [1.29, 1.82) is 0 Å². The van der Waals surface area contributed by atoms with E-state index in [4.69, 9.17) is 11.5 Å². The first kappa shape index (κ1) is 8.02. The lowest BCUT2D eigenvalue weighted by molar-refractivity contribution is 0.223. The summed E-state index contributed by atoms with van der Waals surface area (Å²) in [5.74, 6) is 0. The molecule has 1 aliphatic rings. The summed E-state index contributed by atoms with van der Waals surface area (Å²) in [5.41, 5.74) is 11.8. The molecule has 1 aliphatic carbocycles. The average Bonchev–Trinajstić information content (AvgIpc) is 1.79. The smallest absolute Gasteiger partial charge is 0.0155 e. The predicted octanol–water partition coefficient (Wildman–Crippen LogP) is 0.995. The van der Waals surface area contributed by atoms with Crippen molar-refractivity contribution in [3.63, 3.8) is 0 Å². The molecule has 1 saturated carbocycles. The van der Waals surface area contributed by atoms with Crippen molar-refractivity contribution < 1.29 is 0 Å². The second kappa shape index (κ2) is 2.89. The molecule has 0 heterocycles. The molecular weight excluding hydrogens is 124 g/mol. The summed E-state index contributed by atoms with van der Waals surface area (Å²) < 4.78 is 0. The lowest BCUT2D eigenvalue weighted by Crippen LogP contribution is -2.47. The second-order valence-corrected chi connectivity index (χ2v) is 3.73. The molecule has 1 fully saturated rings. The SMILES string of the molecule is C[C@H](N)CCC1(N)CCC1. The molecule has 2 nitrogen and oxygen atoms in total. The van der Waals surface area contributed by atoms with Crippen LogP contribution in [0.15, 0.2) is 0 Å². The molecular formula is C8H18N2. The fourth-order valence-electron chi connectivity index (χ4n) is 1.40. The molecule has 1 rings (SSSR count). The van der Waals surface area contributed by atoms with Crippen molar-refractivity contribution in [2.24, 2.45) is 11.5 Å². The highest BCUT2D eigenvalue weighted by molar-refractivity contribution is 4.92. The Morgan fingerprint density at radius 3 is 2.40 bits per heavy atom. The van der Waals surface area contributed by atoms with Crippen LogP contribution in [0.2, 0.25) is 0 Å². The molecule has 0 bridgehead atoms. The highest BCUT2D eigenvalue weighted by Gasteiger charge is 2.31. The maximum Gasteiger partial charge on any atom is 0.0155 e. The second-order valence-electron chi connectivity index (χ2n) is 3.73. The molecule has 1 atom stereocenters. The van der Waals surface area contributed by atoms with Crippen LogP contribution in [0.3, 0.4) is 0 Å². The summed E-state index contributed by atoms with van der Waals surface area (Å²) in [4.78, 5) is 0. The Morgan fingerprint density at radius 1 is 1.50 bits per heavy atom. The number of nitrogens with two attached hydrogens (primary N) is 2. The minimum atomic E-state index is 0.174. The minimum Gasteiger partial charge on any atom is -0.328 e. The molecule has 2 heteroatoms. The monoisotopic (exact) mass is 142 g/mol. The predicted molar refractivity (Wildman–Crippen MR) is 43.7 cm³/mol. The van der Waals surface area contributed by atoms with E-state index >= 15 is 0 Å². The van der Waals surface area contributed by atoms with Gasteiger partial charge in [-0.2, -0.15) is 0 Å². The van der Waals surface area contributed by atoms with E-state index in [0.717, 1.165) is 12.8 Å². The summed E-state index contributed by atoms with van der Waals surface area (Å²) in [6.45, 7) is 2.04. The van der Waals surface area contributed by atoms with Gasteiger partial charge in [-0.05, 0) is 39.0 Å². The molecule has 0 unspecified atom stereocenters. The van der Waals surface area contributed by atoms with Gasteiger partial charge in [0.1, 0.15) is 0 Å². The Balaban J connectivity index is 2.12. The van der Waals surface area contributed by atoms with Gasteiger partial charge in [-0.15, -0.1) is 0 Å². The van der Waals surface area contributed by atoms with E-state index in [1.807, 2.05) is 6.92 Å². The zero-order valence-corrected chi connectivity index (χ0v) is 6.77. The molecule has 0 saturated heterocycles. The third-order valence-electron chi connectivity index (χ3n) is 2.45. The topological polar surface area (TPSA) is 52.0 Å². The van der Waals surface area contributed by atoms with Crippen LogP contribution in [0.1, 0.15) is 39.0 Å². The third-order valence-corrected chi connectivity index (χ3v) is 2.45. The van der Waals surface area contributed by atoms with Crippen molar-refractivity contribution in [3.05, 3.63) is 0 Å². The van der Waals surface area contributed by atoms with E-state index in [0.29, 0.717) is 6.04 Å². The Labute approximate surface area is 63.0 Å². The van der Waals surface area contributed by atoms with Crippen LogP contribution in [0.4, 0.5) is 0 Å². The first-order chi connectivity index (χ1) is 4.62. The van der Waals surface area contributed by atoms with Crippen molar-refractivity contribution in [2.45, 2.75) is 50.6 Å². The molecule has 0 aromatic carbocycles. The van der Waals surface area contributed by atoms with Gasteiger partial charge in [0.15, 0.2) is 0 Å². The van der Waals surface area contributed by atoms with Crippen LogP contribution >= 0.6 is 0 Å². The fraction of sp³-hybridized carbons (Fsp3) is 1.00. The summed E-state index contributed by atoms with van der Waals surface area (Å²) in [6, 6.07) is 0.320. The molecule has 0 spiro atoms. The normalized spacial score (nSPS) is 25.5. The fourth-order valence-corrected chi connectivity index (χ4v) is 1.40. The van der Waals surface area contributed by atoms with E-state index in [1.54, 1.807) is 0 Å². The Bertz CT molecular complexity index is 106. The van der Waals surface area contributed by atoms with Gasteiger partial charge in [0, 0.05) is 11.6 Å². The highest BCUT2D eigenvalue weighted by Crippen LogP contribution is 2.33. The first-order valence-corrected chi connectivity index (χ1v) is 4.17. The maximum atomic E-state index is 6.00. The molecule has 0 radical (unpaired) electrons. The van der Waals surface area contributed by atoms with Crippen molar-refractivity contribution in [1.82, 2.24) is 0 Å². The van der Waals surface area contributed by atoms with Crippen LogP contribution in [0, 0.1) is 0 Å². The summed E-state index contributed by atoms with van der Waals surface area (Å²) in [7, 11) is 0. The van der Waals surface area contributed by atoms with Gasteiger partial charge >= 0.3 is 0 Å². The van der Waals surface area contributed by atoms with E-state index in [2.05, 4.69) is 0 Å². The zero-order valence-electron chi connectivity index (χ0n) is 6.77. The van der Waals surface area contributed by atoms with Crippen molar-refractivity contribution >= 4 is 0 Å². The van der Waals surface area contributed by atoms with Crippen molar-refractivity contribution in [2.75, 3.05) is 0 Å². The van der Waals surface area contributed by atoms with Gasteiger partial charge in [0.05, 0.1) is 0 Å². The summed E-state index contributed by atoms with van der Waals surface area (Å²) in [5, 5.41) is 0. The van der Waals surface area contributed by atoms with Gasteiger partial charge in [0.2, 0.25) is 0 Å². The molecule has 4 N–H and O–H groups in total. The average molecular weight is 142 g/mol. The molecule has 10 heavy (non-hydrogen) atoms. The minimum absolute atomic E-state index is 0.174. The third kappa shape index (κ3) is 1.96. The number of rotatable bonds is 3. The largest absolute Gasteiger partial charge is 0.328 e. The van der Waals surface area contributed by atoms with E-state index in [-0.39, 0.29) is 5.54 Å². The Morgan fingerprint density at radius 2 is 2.10 bits per heavy atom. The molecule has 0 amide bonds. The maximum absolute atomic E-state index is 6.00. The Hall–Kier alpha value is -0.0800. The van der Waals surface area contributed by atoms with Crippen molar-refractivity contribution in [3.8, 4) is 0 Å². The number of hydrogen-bond donors (Lipinski definition) is 2. The standard InChI is InChI=1S/C8H18N2/c1-7(9)3-6-8(10)4-2-5-8/h7H,2-6,9-10H2,1H3/t7-/m0/s1. The van der Waals surface area contributed by atoms with E-state index in [9.17, 15) is 0 Å². The number of hydrogen-bond acceptors (Lipinski definition) is 2. The molecule has 60 valence electrons. The molecule has 0 aliphatic heterocycles. The zero-order chi connectivity index (χ0) is 7.61. The van der Waals surface area contributed by atoms with Crippen LogP contribution in [0.5, 0.6) is 0 Å². The van der Waals surface area contributed by atoms with E-state index in [1.165, 1.54) is 19.3 Å². The van der Waals surface area contributed by atoms with Gasteiger partial charge in [-0.25, -0.2) is 0 Å². The first-order valence-electron chi connectivity index (χ1n) is 4.17. The van der Waals surface area contributed by atoms with Gasteiger partial charge in [-0.3, -0.25) is 0 Å². The van der Waals surface area contributed by atoms with Crippen LogP contribution in [0.25, 0.3) is 0 Å². The summed E-state index contributed by atoms with van der Waals surface area (Å²) in [6.07, 6.45) is 5.93. The highest BCUT2D eigenvalue weighted by atomic mass is 14.8. The van der Waals surface area contributed by atoms with Crippen LogP contribution in [-0.4, -0.2) is 11.6 Å². The summed E-state index contributed by atoms with van der Waals surface area (Å²) >= 11 is 0. The molecule has 0 aromatic rings. The quantitative estimate of drug-likeness (QED) is 0.617. The van der Waals surface area contributed by atoms with Gasteiger partial charge < -0.3 is 11.5 Å². The van der Waals surface area contributed by atoms with Gasteiger partial charge in [-0.1, -0.05) is 0 Å². The van der Waals surface area contributed by atoms with E-state index < -0.39 is 0 Å². The van der Waals surface area contributed by atoms with Gasteiger partial charge in [0.25, 0.3) is 0 Å².